The number of ether oxygens (including phenoxy) is 1. The minimum Gasteiger partial charge on any atom is -0.488 e. The van der Waals surface area contributed by atoms with Crippen molar-refractivity contribution in [2.45, 2.75) is 64.1 Å². The van der Waals surface area contributed by atoms with Crippen molar-refractivity contribution < 1.29 is 9.84 Å². The monoisotopic (exact) mass is 261 g/mol. The number of hydrogen-bond acceptors (Lipinski definition) is 3. The van der Waals surface area contributed by atoms with E-state index in [0.717, 1.165) is 30.7 Å². The molecule has 3 nitrogen and oxygen atoms in total. The van der Waals surface area contributed by atoms with Crippen LogP contribution in [-0.4, -0.2) is 22.3 Å². The van der Waals surface area contributed by atoms with Gasteiger partial charge in [-0.05, 0) is 31.9 Å². The van der Waals surface area contributed by atoms with Crippen LogP contribution in [0.4, 0.5) is 0 Å². The van der Waals surface area contributed by atoms with E-state index >= 15 is 0 Å². The molecular formula is C16H23NO2. The summed E-state index contributed by atoms with van der Waals surface area (Å²) in [7, 11) is 0. The van der Waals surface area contributed by atoms with Gasteiger partial charge in [0.05, 0.1) is 11.8 Å². The zero-order valence-corrected chi connectivity index (χ0v) is 11.6. The summed E-state index contributed by atoms with van der Waals surface area (Å²) in [5, 5.41) is 10.3. The standard InChI is InChI=1S/C16H23NO2/c1-12-13(7-6-10-17-12)19-15-11-14(18)16(15)8-4-2-3-5-9-16/h6-7,10,14-15,18H,2-5,8-9,11H2,1H3. The zero-order valence-electron chi connectivity index (χ0n) is 11.6. The van der Waals surface area contributed by atoms with Crippen LogP contribution >= 0.6 is 0 Å². The summed E-state index contributed by atoms with van der Waals surface area (Å²) in [6.45, 7) is 1.98. The number of nitrogens with zero attached hydrogens (tertiary/aromatic N) is 1. The molecule has 19 heavy (non-hydrogen) atoms. The highest BCUT2D eigenvalue weighted by molar-refractivity contribution is 5.26. The van der Waals surface area contributed by atoms with Gasteiger partial charge < -0.3 is 9.84 Å². The predicted molar refractivity (Wildman–Crippen MR) is 74.1 cm³/mol. The second-order valence-electron chi connectivity index (χ2n) is 6.09. The van der Waals surface area contributed by atoms with Gasteiger partial charge in [0.25, 0.3) is 0 Å². The first-order valence-corrected chi connectivity index (χ1v) is 7.49. The first kappa shape index (κ1) is 12.9. The quantitative estimate of drug-likeness (QED) is 0.888. The molecule has 1 N–H and O–H groups in total. The summed E-state index contributed by atoms with van der Waals surface area (Å²) in [6.07, 6.45) is 9.83. The maximum Gasteiger partial charge on any atom is 0.140 e. The lowest BCUT2D eigenvalue weighted by Crippen LogP contribution is -2.59. The van der Waals surface area contributed by atoms with Crippen LogP contribution in [0.5, 0.6) is 5.75 Å². The van der Waals surface area contributed by atoms with Crippen molar-refractivity contribution in [1.82, 2.24) is 4.98 Å². The second-order valence-corrected chi connectivity index (χ2v) is 6.09. The molecule has 0 amide bonds. The lowest BCUT2D eigenvalue weighted by Gasteiger charge is -2.53. The highest BCUT2D eigenvalue weighted by Crippen LogP contribution is 2.52. The molecule has 2 saturated carbocycles. The smallest absolute Gasteiger partial charge is 0.140 e. The van der Waals surface area contributed by atoms with E-state index < -0.39 is 0 Å². The Hall–Kier alpha value is -1.09. The summed E-state index contributed by atoms with van der Waals surface area (Å²) in [4.78, 5) is 4.27. The largest absolute Gasteiger partial charge is 0.488 e. The van der Waals surface area contributed by atoms with Gasteiger partial charge in [0.2, 0.25) is 0 Å². The number of aryl methyl sites for hydroxylation is 1. The molecular weight excluding hydrogens is 238 g/mol. The number of aliphatic hydroxyl groups excluding tert-OH is 1. The molecule has 0 bridgehead atoms. The normalized spacial score (nSPS) is 29.6. The van der Waals surface area contributed by atoms with E-state index in [4.69, 9.17) is 4.74 Å². The molecule has 2 fully saturated rings. The average Bonchev–Trinajstić information content (AvgIpc) is 2.68. The molecule has 1 aromatic heterocycles. The maximum absolute atomic E-state index is 10.3. The molecule has 0 aromatic carbocycles. The van der Waals surface area contributed by atoms with Crippen molar-refractivity contribution in [3.63, 3.8) is 0 Å². The van der Waals surface area contributed by atoms with Crippen molar-refractivity contribution in [2.24, 2.45) is 5.41 Å². The summed E-state index contributed by atoms with van der Waals surface area (Å²) in [6, 6.07) is 3.90. The predicted octanol–water partition coefficient (Wildman–Crippen LogP) is 3.24. The fraction of sp³-hybridized carbons (Fsp3) is 0.688. The lowest BCUT2D eigenvalue weighted by molar-refractivity contribution is -0.163. The number of rotatable bonds is 2. The topological polar surface area (TPSA) is 42.4 Å². The van der Waals surface area contributed by atoms with E-state index in [-0.39, 0.29) is 17.6 Å². The highest BCUT2D eigenvalue weighted by Gasteiger charge is 2.55. The molecule has 2 unspecified atom stereocenters. The van der Waals surface area contributed by atoms with E-state index in [1.54, 1.807) is 6.20 Å². The first-order valence-electron chi connectivity index (χ1n) is 7.49. The van der Waals surface area contributed by atoms with Crippen molar-refractivity contribution in [1.29, 1.82) is 0 Å². The van der Waals surface area contributed by atoms with Gasteiger partial charge in [-0.3, -0.25) is 4.98 Å². The third kappa shape index (κ3) is 2.25. The van der Waals surface area contributed by atoms with Gasteiger partial charge in [0.1, 0.15) is 11.9 Å². The third-order valence-electron chi connectivity index (χ3n) is 5.00. The number of pyridine rings is 1. The van der Waals surface area contributed by atoms with Crippen molar-refractivity contribution in [3.8, 4) is 5.75 Å². The van der Waals surface area contributed by atoms with Crippen LogP contribution in [0, 0.1) is 12.3 Å². The number of hydrogen-bond donors (Lipinski definition) is 1. The minimum absolute atomic E-state index is 0.0127. The van der Waals surface area contributed by atoms with Crippen molar-refractivity contribution >= 4 is 0 Å². The molecule has 2 aliphatic carbocycles. The molecule has 1 aromatic rings. The molecule has 1 heterocycles. The Bertz CT molecular complexity index is 438. The van der Waals surface area contributed by atoms with E-state index in [0.29, 0.717) is 0 Å². The Morgan fingerprint density at radius 1 is 1.26 bits per heavy atom. The van der Waals surface area contributed by atoms with Crippen LogP contribution in [-0.2, 0) is 0 Å². The Labute approximate surface area is 115 Å². The summed E-state index contributed by atoms with van der Waals surface area (Å²) in [5.74, 6) is 0.878. The van der Waals surface area contributed by atoms with Crippen molar-refractivity contribution in [2.75, 3.05) is 0 Å². The Kier molecular flexibility index (Phi) is 3.48. The van der Waals surface area contributed by atoms with Gasteiger partial charge in [-0.25, -0.2) is 0 Å². The number of aromatic nitrogens is 1. The van der Waals surface area contributed by atoms with Gasteiger partial charge in [-0.15, -0.1) is 0 Å². The van der Waals surface area contributed by atoms with Crippen LogP contribution < -0.4 is 4.74 Å². The number of aliphatic hydroxyl groups is 1. The van der Waals surface area contributed by atoms with Gasteiger partial charge >= 0.3 is 0 Å². The van der Waals surface area contributed by atoms with Crippen LogP contribution in [0.1, 0.15) is 50.6 Å². The summed E-state index contributed by atoms with van der Waals surface area (Å²) in [5.41, 5.74) is 0.950. The van der Waals surface area contributed by atoms with Gasteiger partial charge in [-0.1, -0.05) is 25.7 Å². The second kappa shape index (κ2) is 5.12. The Morgan fingerprint density at radius 3 is 2.63 bits per heavy atom. The van der Waals surface area contributed by atoms with Crippen molar-refractivity contribution in [3.05, 3.63) is 24.0 Å². The Balaban J connectivity index is 1.76. The molecule has 1 spiro atoms. The highest BCUT2D eigenvalue weighted by atomic mass is 16.5. The molecule has 104 valence electrons. The molecule has 0 saturated heterocycles. The summed E-state index contributed by atoms with van der Waals surface area (Å²) < 4.78 is 6.18. The molecule has 0 radical (unpaired) electrons. The summed E-state index contributed by atoms with van der Waals surface area (Å²) >= 11 is 0. The maximum atomic E-state index is 10.3. The van der Waals surface area contributed by atoms with Gasteiger partial charge in [0.15, 0.2) is 0 Å². The molecule has 0 aliphatic heterocycles. The fourth-order valence-electron chi connectivity index (χ4n) is 3.68. The van der Waals surface area contributed by atoms with Crippen LogP contribution in [0.25, 0.3) is 0 Å². The van der Waals surface area contributed by atoms with Gasteiger partial charge in [0, 0.05) is 18.0 Å². The van der Waals surface area contributed by atoms with E-state index in [9.17, 15) is 5.11 Å². The average molecular weight is 261 g/mol. The van der Waals surface area contributed by atoms with Gasteiger partial charge in [-0.2, -0.15) is 0 Å². The fourth-order valence-corrected chi connectivity index (χ4v) is 3.68. The van der Waals surface area contributed by atoms with Crippen LogP contribution in [0.3, 0.4) is 0 Å². The Morgan fingerprint density at radius 2 is 2.00 bits per heavy atom. The molecule has 2 atom stereocenters. The SMILES string of the molecule is Cc1ncccc1OC1CC(O)C12CCCCCC2. The van der Waals surface area contributed by atoms with E-state index in [1.807, 2.05) is 19.1 Å². The minimum atomic E-state index is -0.174. The molecule has 3 heteroatoms. The van der Waals surface area contributed by atoms with Crippen LogP contribution in [0.2, 0.25) is 0 Å². The zero-order chi connectivity index (χ0) is 13.3. The molecule has 3 rings (SSSR count). The molecule has 2 aliphatic rings. The van der Waals surface area contributed by atoms with Crippen LogP contribution in [0.15, 0.2) is 18.3 Å². The third-order valence-corrected chi connectivity index (χ3v) is 5.00. The lowest BCUT2D eigenvalue weighted by atomic mass is 9.59. The van der Waals surface area contributed by atoms with E-state index in [2.05, 4.69) is 4.98 Å². The van der Waals surface area contributed by atoms with E-state index in [1.165, 1.54) is 25.7 Å². The first-order chi connectivity index (χ1) is 9.22.